The first-order valence-corrected chi connectivity index (χ1v) is 17.7. The average Bonchev–Trinajstić information content (AvgIpc) is 3.79. The van der Waals surface area contributed by atoms with Crippen LogP contribution < -0.4 is 20.5 Å². The number of hydrogen-bond donors (Lipinski definition) is 2. The molecule has 270 valence electrons. The molecule has 1 saturated heterocycles. The molecule has 2 aliphatic heterocycles. The monoisotopic (exact) mass is 751 g/mol. The molecule has 2 N–H and O–H groups in total. The first-order valence-electron chi connectivity index (χ1n) is 16.4. The number of aryl methyl sites for hydroxylation is 1. The molecule has 2 aliphatic rings. The van der Waals surface area contributed by atoms with Crippen LogP contribution >= 0.6 is 23.4 Å². The number of hydrogen-bond acceptors (Lipinski definition) is 11. The molecule has 0 radical (unpaired) electrons. The molecule has 3 aromatic heterocycles. The third-order valence-corrected chi connectivity index (χ3v) is 9.96. The molecule has 14 nitrogen and oxygen atoms in total. The number of anilines is 2. The second-order valence-corrected chi connectivity index (χ2v) is 13.6. The minimum Gasteiger partial charge on any atom is -0.504 e. The highest BCUT2D eigenvalue weighted by Crippen LogP contribution is 2.33. The largest absolute Gasteiger partial charge is 0.504 e. The fraction of sp³-hybridized carbons (Fsp3) is 0.324. The SMILES string of the molecule is CCc1c(N2CCN(C(=O)c3ncnc(C)c3O)CC2)c(=O)n2nc(-c3ccc4c(c3)CCO4)nc2n1CC(=O)Nc1ccc(SC(F)F)cc1Cl. The second kappa shape index (κ2) is 14.4. The van der Waals surface area contributed by atoms with E-state index in [4.69, 9.17) is 21.3 Å². The van der Waals surface area contributed by atoms with Crippen LogP contribution in [0.5, 0.6) is 11.5 Å². The number of carbonyl (C=O) groups is 2. The van der Waals surface area contributed by atoms with Crippen molar-refractivity contribution in [3.8, 4) is 22.9 Å². The van der Waals surface area contributed by atoms with Gasteiger partial charge >= 0.3 is 0 Å². The van der Waals surface area contributed by atoms with Crippen LogP contribution in [-0.2, 0) is 24.2 Å². The Morgan fingerprint density at radius 2 is 1.90 bits per heavy atom. The van der Waals surface area contributed by atoms with E-state index >= 15 is 0 Å². The first kappa shape index (κ1) is 35.1. The predicted octanol–water partition coefficient (Wildman–Crippen LogP) is 4.43. The van der Waals surface area contributed by atoms with Crippen LogP contribution in [0, 0.1) is 6.92 Å². The number of nitrogens with zero attached hydrogens (tertiary/aromatic N) is 8. The van der Waals surface area contributed by atoms with Crippen molar-refractivity contribution >= 4 is 52.3 Å². The van der Waals surface area contributed by atoms with Crippen molar-refractivity contribution < 1.29 is 28.2 Å². The van der Waals surface area contributed by atoms with Gasteiger partial charge < -0.3 is 29.5 Å². The number of nitrogens with one attached hydrogen (secondary N) is 1. The number of aromatic hydroxyl groups is 1. The Kier molecular flexibility index (Phi) is 9.71. The molecule has 2 aromatic carbocycles. The zero-order chi connectivity index (χ0) is 36.7. The highest BCUT2D eigenvalue weighted by molar-refractivity contribution is 7.99. The van der Waals surface area contributed by atoms with Gasteiger partial charge in [-0.05, 0) is 55.3 Å². The van der Waals surface area contributed by atoms with E-state index in [1.54, 1.807) is 16.4 Å². The Labute approximate surface area is 304 Å². The number of carbonyl (C=O) groups excluding carboxylic acids is 2. The topological polar surface area (TPSA) is 160 Å². The summed E-state index contributed by atoms with van der Waals surface area (Å²) < 4.78 is 34.2. The number of ether oxygens (including phenoxy) is 1. The van der Waals surface area contributed by atoms with E-state index in [1.807, 2.05) is 30.0 Å². The van der Waals surface area contributed by atoms with E-state index in [2.05, 4.69) is 20.4 Å². The molecule has 0 saturated carbocycles. The summed E-state index contributed by atoms with van der Waals surface area (Å²) >= 11 is 6.69. The summed E-state index contributed by atoms with van der Waals surface area (Å²) in [7, 11) is 0. The van der Waals surface area contributed by atoms with E-state index in [0.29, 0.717) is 41.7 Å². The molecule has 18 heteroatoms. The summed E-state index contributed by atoms with van der Waals surface area (Å²) in [5.41, 5.74) is 2.47. The van der Waals surface area contributed by atoms with Crippen LogP contribution in [0.4, 0.5) is 20.2 Å². The maximum atomic E-state index is 14.3. The molecular weight excluding hydrogens is 720 g/mol. The van der Waals surface area contributed by atoms with E-state index in [9.17, 15) is 28.3 Å². The lowest BCUT2D eigenvalue weighted by Crippen LogP contribution is -2.51. The standard InChI is InChI=1S/C34H32ClF2N9O5S/c1-3-24-28(43-9-11-44(12-10-43)31(49)27-29(48)18(2)38-17-39-27)32(50)46-34(41-30(42-46)20-4-7-25-19(14-20)8-13-51-25)45(24)16-26(47)40-23-6-5-21(15-22(23)35)52-33(36)37/h4-7,14-15,17,33,48H,3,8-13,16H2,1-2H3,(H,40,47). The molecule has 0 unspecified atom stereocenters. The third-order valence-electron chi connectivity index (χ3n) is 8.94. The van der Waals surface area contributed by atoms with E-state index in [1.165, 1.54) is 29.0 Å². The molecular formula is C34H32ClF2N9O5S. The quantitative estimate of drug-likeness (QED) is 0.205. The molecule has 52 heavy (non-hydrogen) atoms. The van der Waals surface area contributed by atoms with E-state index < -0.39 is 23.1 Å². The number of piperazine rings is 1. The molecule has 2 amide bonds. The molecule has 0 bridgehead atoms. The Morgan fingerprint density at radius 3 is 2.63 bits per heavy atom. The van der Waals surface area contributed by atoms with Gasteiger partial charge in [-0.3, -0.25) is 14.4 Å². The first-order chi connectivity index (χ1) is 25.0. The lowest BCUT2D eigenvalue weighted by Gasteiger charge is -2.36. The van der Waals surface area contributed by atoms with Gasteiger partial charge in [-0.2, -0.15) is 18.3 Å². The number of thioether (sulfide) groups is 1. The molecule has 5 aromatic rings. The number of benzene rings is 2. The molecule has 0 atom stereocenters. The molecule has 1 fully saturated rings. The van der Waals surface area contributed by atoms with Gasteiger partial charge in [-0.25, -0.2) is 9.97 Å². The van der Waals surface area contributed by atoms with Gasteiger partial charge in [0.25, 0.3) is 17.2 Å². The Hall–Kier alpha value is -5.29. The van der Waals surface area contributed by atoms with Crippen LogP contribution in [0.15, 0.2) is 52.4 Å². The van der Waals surface area contributed by atoms with Crippen LogP contribution in [0.1, 0.15) is 34.4 Å². The van der Waals surface area contributed by atoms with Crippen LogP contribution in [0.3, 0.4) is 0 Å². The Balaban J connectivity index is 1.24. The van der Waals surface area contributed by atoms with Crippen LogP contribution in [-0.4, -0.2) is 89.5 Å². The van der Waals surface area contributed by atoms with Crippen LogP contribution in [0.25, 0.3) is 17.2 Å². The highest BCUT2D eigenvalue weighted by Gasteiger charge is 2.31. The fourth-order valence-corrected chi connectivity index (χ4v) is 7.22. The van der Waals surface area contributed by atoms with Gasteiger partial charge in [0.2, 0.25) is 11.7 Å². The summed E-state index contributed by atoms with van der Waals surface area (Å²) in [4.78, 5) is 57.5. The summed E-state index contributed by atoms with van der Waals surface area (Å²) in [6, 6.07) is 9.82. The summed E-state index contributed by atoms with van der Waals surface area (Å²) in [5, 5.41) is 17.9. The van der Waals surface area contributed by atoms with Crippen molar-refractivity contribution in [3.05, 3.63) is 80.7 Å². The second-order valence-electron chi connectivity index (χ2n) is 12.1. The van der Waals surface area contributed by atoms with E-state index in [-0.39, 0.29) is 77.1 Å². The number of aromatic nitrogens is 6. The fourth-order valence-electron chi connectivity index (χ4n) is 6.39. The predicted molar refractivity (Wildman–Crippen MR) is 190 cm³/mol. The van der Waals surface area contributed by atoms with Gasteiger partial charge in [0.15, 0.2) is 17.3 Å². The number of halogens is 3. The maximum absolute atomic E-state index is 14.3. The number of amides is 2. The average molecular weight is 752 g/mol. The van der Waals surface area contributed by atoms with Crippen molar-refractivity contribution in [2.75, 3.05) is 43.0 Å². The van der Waals surface area contributed by atoms with Gasteiger partial charge in [-0.1, -0.05) is 30.3 Å². The van der Waals surface area contributed by atoms with Crippen molar-refractivity contribution in [1.29, 1.82) is 0 Å². The lowest BCUT2D eigenvalue weighted by atomic mass is 10.1. The van der Waals surface area contributed by atoms with Crippen molar-refractivity contribution in [2.45, 2.75) is 43.9 Å². The molecule has 5 heterocycles. The van der Waals surface area contributed by atoms with Gasteiger partial charge in [0, 0.05) is 43.1 Å². The van der Waals surface area contributed by atoms with Crippen molar-refractivity contribution in [2.24, 2.45) is 0 Å². The summed E-state index contributed by atoms with van der Waals surface area (Å²) in [5.74, 6) is -2.66. The normalized spacial score (nSPS) is 14.2. The highest BCUT2D eigenvalue weighted by atomic mass is 35.5. The smallest absolute Gasteiger partial charge is 0.299 e. The van der Waals surface area contributed by atoms with Crippen LogP contribution in [0.2, 0.25) is 5.02 Å². The van der Waals surface area contributed by atoms with Gasteiger partial charge in [-0.15, -0.1) is 5.10 Å². The van der Waals surface area contributed by atoms with Crippen molar-refractivity contribution in [1.82, 2.24) is 34.0 Å². The zero-order valence-electron chi connectivity index (χ0n) is 28.0. The Morgan fingerprint density at radius 1 is 1.12 bits per heavy atom. The van der Waals surface area contributed by atoms with Gasteiger partial charge in [0.05, 0.1) is 28.7 Å². The summed E-state index contributed by atoms with van der Waals surface area (Å²) in [6.07, 6.45) is 2.28. The molecule has 7 rings (SSSR count). The number of rotatable bonds is 9. The third kappa shape index (κ3) is 6.72. The number of alkyl halides is 2. The molecule has 0 spiro atoms. The lowest BCUT2D eigenvalue weighted by molar-refractivity contribution is -0.116. The summed E-state index contributed by atoms with van der Waals surface area (Å²) in [6.45, 7) is 4.69. The van der Waals surface area contributed by atoms with Crippen molar-refractivity contribution in [3.63, 3.8) is 0 Å². The zero-order valence-corrected chi connectivity index (χ0v) is 29.5. The van der Waals surface area contributed by atoms with E-state index in [0.717, 1.165) is 17.7 Å². The number of fused-ring (bicyclic) bond motifs is 2. The Bertz CT molecular complexity index is 2280. The maximum Gasteiger partial charge on any atom is 0.299 e. The molecule has 0 aliphatic carbocycles. The minimum absolute atomic E-state index is 0.0867. The minimum atomic E-state index is -2.63. The van der Waals surface area contributed by atoms with Gasteiger partial charge in [0.1, 0.15) is 24.3 Å².